The van der Waals surface area contributed by atoms with E-state index in [0.29, 0.717) is 6.42 Å². The Hall–Kier alpha value is -5.60. The largest absolute Gasteiger partial charge is 0.493 e. The number of carboxylic acids is 2. The van der Waals surface area contributed by atoms with Crippen LogP contribution in [0.1, 0.15) is 35.7 Å². The molecule has 0 aliphatic heterocycles. The molecular weight excluding hydrogens is 562 g/mol. The van der Waals surface area contributed by atoms with E-state index in [4.69, 9.17) is 11.5 Å². The van der Waals surface area contributed by atoms with Crippen molar-refractivity contribution in [2.24, 2.45) is 16.5 Å². The lowest BCUT2D eigenvalue weighted by Crippen LogP contribution is -2.50. The van der Waals surface area contributed by atoms with Crippen molar-refractivity contribution >= 4 is 29.7 Å². The molecule has 1 aromatic heterocycles. The Balaban J connectivity index is 1.84. The Kier molecular flexibility index (Phi) is 11.0. The number of amides is 2. The fourth-order valence-electron chi connectivity index (χ4n) is 4.34. The summed E-state index contributed by atoms with van der Waals surface area (Å²) in [6, 6.07) is 13.5. The minimum absolute atomic E-state index is 0.0829. The van der Waals surface area contributed by atoms with E-state index in [1.54, 1.807) is 48.5 Å². The van der Waals surface area contributed by atoms with Gasteiger partial charge in [0.2, 0.25) is 17.7 Å². The molecule has 9 N–H and O–H groups in total. The van der Waals surface area contributed by atoms with Gasteiger partial charge in [0.05, 0.1) is 18.7 Å². The Morgan fingerprint density at radius 2 is 1.53 bits per heavy atom. The Morgan fingerprint density at radius 3 is 2.12 bits per heavy atom. The molecule has 3 aromatic rings. The van der Waals surface area contributed by atoms with Gasteiger partial charge in [0, 0.05) is 6.54 Å². The fourth-order valence-corrected chi connectivity index (χ4v) is 4.34. The summed E-state index contributed by atoms with van der Waals surface area (Å²) < 4.78 is 2.10. The lowest BCUT2D eigenvalue weighted by Gasteiger charge is -2.20. The summed E-state index contributed by atoms with van der Waals surface area (Å²) in [4.78, 5) is 66.4. The normalized spacial score (nSPS) is 12.1. The molecule has 0 saturated heterocycles. The number of guanidine groups is 1. The van der Waals surface area contributed by atoms with Crippen molar-refractivity contribution in [1.82, 2.24) is 19.8 Å². The van der Waals surface area contributed by atoms with Gasteiger partial charge in [-0.3, -0.25) is 28.5 Å². The number of aliphatic imine (C=N–C) groups is 1. The van der Waals surface area contributed by atoms with Crippen LogP contribution in [0.2, 0.25) is 0 Å². The zero-order valence-corrected chi connectivity index (χ0v) is 23.1. The van der Waals surface area contributed by atoms with Gasteiger partial charge >= 0.3 is 17.6 Å². The predicted octanol–water partition coefficient (Wildman–Crippen LogP) is -0.489. The van der Waals surface area contributed by atoms with Crippen LogP contribution in [-0.4, -0.2) is 66.8 Å². The van der Waals surface area contributed by atoms with Gasteiger partial charge in [-0.1, -0.05) is 60.7 Å². The molecule has 43 heavy (non-hydrogen) atoms. The molecule has 0 aliphatic rings. The molecule has 228 valence electrons. The number of aromatic nitrogens is 2. The zero-order chi connectivity index (χ0) is 31.5. The second-order valence-electron chi connectivity index (χ2n) is 9.53. The third-order valence-electron chi connectivity index (χ3n) is 6.35. The summed E-state index contributed by atoms with van der Waals surface area (Å²) in [6.07, 6.45) is -0.326. The maximum Gasteiger partial charge on any atom is 0.332 e. The second-order valence-corrected chi connectivity index (χ2v) is 9.53. The van der Waals surface area contributed by atoms with Crippen molar-refractivity contribution in [3.8, 4) is 5.88 Å². The first-order valence-electron chi connectivity index (χ1n) is 13.2. The fraction of sp³-hybridized carbons (Fsp3) is 0.286. The van der Waals surface area contributed by atoms with Crippen LogP contribution in [0.15, 0.2) is 70.5 Å². The maximum atomic E-state index is 13.3. The maximum absolute atomic E-state index is 13.3. The number of nitrogens with one attached hydrogen (secondary N) is 2. The summed E-state index contributed by atoms with van der Waals surface area (Å²) in [5.41, 5.74) is 11.2. The SMILES string of the molecule is NC(N)=NCCCc1c(O)n(CC(=O)N[C@H](CC(=O)O)C(=O)N[C@H](C(=O)O)c2ccccc2)c(=O)n1Cc1ccccc1. The van der Waals surface area contributed by atoms with E-state index in [1.807, 2.05) is 0 Å². The molecule has 2 atom stereocenters. The molecular formula is C28H33N7O8. The number of carbonyl (C=O) groups excluding carboxylic acids is 2. The molecule has 0 bridgehead atoms. The minimum atomic E-state index is -1.68. The van der Waals surface area contributed by atoms with Gasteiger partial charge in [-0.15, -0.1) is 0 Å². The van der Waals surface area contributed by atoms with E-state index < -0.39 is 60.4 Å². The summed E-state index contributed by atoms with van der Waals surface area (Å²) in [7, 11) is 0. The molecule has 0 spiro atoms. The van der Waals surface area contributed by atoms with Crippen molar-refractivity contribution in [1.29, 1.82) is 0 Å². The lowest BCUT2D eigenvalue weighted by molar-refractivity contribution is -0.143. The number of nitrogens with zero attached hydrogens (tertiary/aromatic N) is 3. The molecule has 0 radical (unpaired) electrons. The summed E-state index contributed by atoms with van der Waals surface area (Å²) in [5, 5.41) is 34.4. The van der Waals surface area contributed by atoms with E-state index in [9.17, 15) is 39.3 Å². The average Bonchev–Trinajstić information content (AvgIpc) is 3.17. The van der Waals surface area contributed by atoms with Gasteiger partial charge in [0.1, 0.15) is 12.6 Å². The molecule has 15 heteroatoms. The number of aliphatic carboxylic acids is 2. The van der Waals surface area contributed by atoms with Gasteiger partial charge in [0.25, 0.3) is 0 Å². The Morgan fingerprint density at radius 1 is 0.907 bits per heavy atom. The first-order valence-corrected chi connectivity index (χ1v) is 13.2. The van der Waals surface area contributed by atoms with E-state index in [0.717, 1.165) is 10.1 Å². The van der Waals surface area contributed by atoms with Crippen LogP contribution in [0.25, 0.3) is 0 Å². The molecule has 2 amide bonds. The highest BCUT2D eigenvalue weighted by atomic mass is 16.4. The predicted molar refractivity (Wildman–Crippen MR) is 154 cm³/mol. The van der Waals surface area contributed by atoms with Crippen molar-refractivity contribution in [2.45, 2.75) is 44.4 Å². The van der Waals surface area contributed by atoms with Crippen LogP contribution in [0.5, 0.6) is 5.88 Å². The van der Waals surface area contributed by atoms with Crippen molar-refractivity contribution in [3.05, 3.63) is 88.0 Å². The standard InChI is InChI=1S/C28H33N7O8/c29-27(30)31-13-7-12-20-25(40)35(28(43)34(20)15-17-8-3-1-4-9-17)16-21(36)32-19(14-22(37)38)24(39)33-23(26(41)42)18-10-5-2-6-11-18/h1-6,8-11,19,23,40H,7,12-16H2,(H,32,36)(H,33,39)(H,37,38)(H,41,42)(H4,29,30,31)/t19-,23+/m1/s1. The number of rotatable bonds is 15. The highest BCUT2D eigenvalue weighted by Gasteiger charge is 2.30. The van der Waals surface area contributed by atoms with Gasteiger partial charge < -0.3 is 37.4 Å². The zero-order valence-electron chi connectivity index (χ0n) is 23.1. The van der Waals surface area contributed by atoms with E-state index in [2.05, 4.69) is 15.6 Å². The van der Waals surface area contributed by atoms with Gasteiger partial charge in [-0.25, -0.2) is 9.59 Å². The highest BCUT2D eigenvalue weighted by Crippen LogP contribution is 2.19. The van der Waals surface area contributed by atoms with Crippen LogP contribution < -0.4 is 27.8 Å². The average molecular weight is 596 g/mol. The van der Waals surface area contributed by atoms with Gasteiger partial charge in [-0.2, -0.15) is 0 Å². The van der Waals surface area contributed by atoms with Crippen LogP contribution in [0.3, 0.4) is 0 Å². The van der Waals surface area contributed by atoms with Crippen molar-refractivity contribution in [3.63, 3.8) is 0 Å². The monoisotopic (exact) mass is 595 g/mol. The quantitative estimate of drug-likeness (QED) is 0.0675. The molecule has 3 rings (SSSR count). The Bertz CT molecular complexity index is 1530. The number of carbonyl (C=O) groups is 4. The minimum Gasteiger partial charge on any atom is -0.493 e. The van der Waals surface area contributed by atoms with Crippen LogP contribution in [0, 0.1) is 0 Å². The first-order chi connectivity index (χ1) is 20.5. The lowest BCUT2D eigenvalue weighted by atomic mass is 10.1. The van der Waals surface area contributed by atoms with Gasteiger partial charge in [-0.05, 0) is 24.0 Å². The van der Waals surface area contributed by atoms with E-state index in [1.165, 1.54) is 16.7 Å². The molecule has 0 fully saturated rings. The molecule has 0 aliphatic carbocycles. The number of hydrogen-bond acceptors (Lipinski definition) is 7. The molecule has 1 heterocycles. The Labute approximate surface area is 245 Å². The van der Waals surface area contributed by atoms with Gasteiger partial charge in [0.15, 0.2) is 12.0 Å². The number of nitrogens with two attached hydrogens (primary N) is 2. The van der Waals surface area contributed by atoms with Crippen molar-refractivity contribution < 1.29 is 34.5 Å². The summed E-state index contributed by atoms with van der Waals surface area (Å²) >= 11 is 0. The first kappa shape index (κ1) is 31.9. The number of carboxylic acid groups (broad SMARTS) is 2. The van der Waals surface area contributed by atoms with E-state index in [-0.39, 0.29) is 36.7 Å². The second kappa shape index (κ2) is 14.9. The smallest absolute Gasteiger partial charge is 0.332 e. The molecule has 0 saturated carbocycles. The number of imidazole rings is 1. The highest BCUT2D eigenvalue weighted by molar-refractivity contribution is 5.93. The third-order valence-corrected chi connectivity index (χ3v) is 6.35. The number of hydrogen-bond donors (Lipinski definition) is 7. The number of benzene rings is 2. The number of aromatic hydroxyl groups is 1. The topological polar surface area (TPSA) is 244 Å². The third kappa shape index (κ3) is 8.94. The van der Waals surface area contributed by atoms with Crippen molar-refractivity contribution in [2.75, 3.05) is 6.54 Å². The molecule has 15 nitrogen and oxygen atoms in total. The van der Waals surface area contributed by atoms with Crippen LogP contribution in [-0.2, 0) is 38.7 Å². The van der Waals surface area contributed by atoms with Crippen LogP contribution >= 0.6 is 0 Å². The molecule has 0 unspecified atom stereocenters. The van der Waals surface area contributed by atoms with E-state index >= 15 is 0 Å². The van der Waals surface area contributed by atoms with Crippen LogP contribution in [0.4, 0.5) is 0 Å². The summed E-state index contributed by atoms with van der Waals surface area (Å²) in [6.45, 7) is -0.448. The molecule has 2 aromatic carbocycles. The summed E-state index contributed by atoms with van der Waals surface area (Å²) in [5.74, 6) is -5.47.